The number of hydrogen-bond acceptors (Lipinski definition) is 4. The maximum absolute atomic E-state index is 10.8. The fourth-order valence-corrected chi connectivity index (χ4v) is 1.88. The van der Waals surface area contributed by atoms with Gasteiger partial charge in [-0.15, -0.1) is 0 Å². The average molecular weight is 271 g/mol. The lowest BCUT2D eigenvalue weighted by Crippen LogP contribution is -2.33. The lowest BCUT2D eigenvalue weighted by molar-refractivity contribution is 0.106. The molecule has 102 valence electrons. The van der Waals surface area contributed by atoms with E-state index in [1.807, 2.05) is 31.2 Å². The van der Waals surface area contributed by atoms with Gasteiger partial charge in [0.05, 0.1) is 0 Å². The van der Waals surface area contributed by atoms with Gasteiger partial charge in [-0.3, -0.25) is 4.21 Å². The molecule has 1 aromatic rings. The molecule has 0 aliphatic rings. The molecule has 5 heteroatoms. The Balaban J connectivity index is 2.19. The van der Waals surface area contributed by atoms with Gasteiger partial charge in [0.25, 0.3) is 0 Å². The highest BCUT2D eigenvalue weighted by atomic mass is 32.2. The number of ether oxygens (including phenoxy) is 1. The molecule has 2 atom stereocenters. The van der Waals surface area contributed by atoms with Crippen molar-refractivity contribution in [2.75, 3.05) is 31.7 Å². The summed E-state index contributed by atoms with van der Waals surface area (Å²) in [6.07, 6.45) is 1.11. The molecule has 0 radical (unpaired) electrons. The number of nitrogens with one attached hydrogen (secondary N) is 1. The summed E-state index contributed by atoms with van der Waals surface area (Å²) >= 11 is 0. The van der Waals surface area contributed by atoms with Crippen LogP contribution in [0.15, 0.2) is 24.3 Å². The highest BCUT2D eigenvalue weighted by Gasteiger charge is 2.06. The summed E-state index contributed by atoms with van der Waals surface area (Å²) in [6.45, 7) is 3.32. The average Bonchev–Trinajstić information content (AvgIpc) is 2.33. The van der Waals surface area contributed by atoms with E-state index in [0.717, 1.165) is 11.3 Å². The van der Waals surface area contributed by atoms with Gasteiger partial charge in [-0.2, -0.15) is 0 Å². The van der Waals surface area contributed by atoms with E-state index in [1.165, 1.54) is 0 Å². The van der Waals surface area contributed by atoms with Crippen LogP contribution in [0.25, 0.3) is 0 Å². The van der Waals surface area contributed by atoms with Crippen molar-refractivity contribution in [3.63, 3.8) is 0 Å². The van der Waals surface area contributed by atoms with Crippen molar-refractivity contribution in [1.82, 2.24) is 5.32 Å². The molecule has 0 aliphatic carbocycles. The second-order valence-electron chi connectivity index (χ2n) is 4.21. The van der Waals surface area contributed by atoms with E-state index in [1.54, 1.807) is 6.26 Å². The van der Waals surface area contributed by atoms with Crippen LogP contribution in [0.5, 0.6) is 5.75 Å². The van der Waals surface area contributed by atoms with Crippen molar-refractivity contribution in [3.8, 4) is 5.75 Å². The van der Waals surface area contributed by atoms with E-state index in [2.05, 4.69) is 5.32 Å². The summed E-state index contributed by atoms with van der Waals surface area (Å²) < 4.78 is 16.3. The molecule has 1 aromatic carbocycles. The number of aryl methyl sites for hydroxylation is 1. The third-order valence-corrected chi connectivity index (χ3v) is 3.25. The molecule has 0 fully saturated rings. The standard InChI is InChI=1S/C13H21NO3S/c1-11-5-3-4-6-13(11)17-10-12(15)9-14-7-8-18(2)16/h3-6,12,14-15H,7-10H2,1-2H3. The van der Waals surface area contributed by atoms with Gasteiger partial charge in [0.1, 0.15) is 18.5 Å². The van der Waals surface area contributed by atoms with Crippen LogP contribution in [-0.2, 0) is 10.8 Å². The van der Waals surface area contributed by atoms with Crippen molar-refractivity contribution in [2.24, 2.45) is 0 Å². The molecule has 4 nitrogen and oxygen atoms in total. The van der Waals surface area contributed by atoms with Crippen LogP contribution < -0.4 is 10.1 Å². The Morgan fingerprint density at radius 3 is 2.83 bits per heavy atom. The highest BCUT2D eigenvalue weighted by molar-refractivity contribution is 7.84. The first-order valence-corrected chi connectivity index (χ1v) is 7.69. The number of para-hydroxylation sites is 1. The summed E-state index contributed by atoms with van der Waals surface area (Å²) in [5.74, 6) is 1.40. The highest BCUT2D eigenvalue weighted by Crippen LogP contribution is 2.16. The quantitative estimate of drug-likeness (QED) is 0.684. The Labute approximate surface area is 111 Å². The zero-order chi connectivity index (χ0) is 13.4. The number of hydrogen-bond donors (Lipinski definition) is 2. The molecule has 0 saturated heterocycles. The topological polar surface area (TPSA) is 58.6 Å². The summed E-state index contributed by atoms with van der Waals surface area (Å²) in [7, 11) is -0.792. The van der Waals surface area contributed by atoms with Gasteiger partial charge in [-0.25, -0.2) is 0 Å². The third-order valence-electron chi connectivity index (χ3n) is 2.47. The monoisotopic (exact) mass is 271 g/mol. The first-order chi connectivity index (χ1) is 8.59. The summed E-state index contributed by atoms with van der Waals surface area (Å²) in [6, 6.07) is 7.71. The maximum atomic E-state index is 10.8. The largest absolute Gasteiger partial charge is 0.491 e. The summed E-state index contributed by atoms with van der Waals surface area (Å²) in [4.78, 5) is 0. The fourth-order valence-electron chi connectivity index (χ4n) is 1.45. The summed E-state index contributed by atoms with van der Waals surface area (Å²) in [5, 5.41) is 12.7. The van der Waals surface area contributed by atoms with Crippen molar-refractivity contribution < 1.29 is 14.1 Å². The van der Waals surface area contributed by atoms with Crippen LogP contribution in [0.2, 0.25) is 0 Å². The molecule has 0 heterocycles. The molecule has 18 heavy (non-hydrogen) atoms. The fraction of sp³-hybridized carbons (Fsp3) is 0.538. The van der Waals surface area contributed by atoms with E-state index in [-0.39, 0.29) is 6.61 Å². The minimum atomic E-state index is -0.792. The van der Waals surface area contributed by atoms with Crippen LogP contribution in [0.1, 0.15) is 5.56 Å². The maximum Gasteiger partial charge on any atom is 0.122 e. The first kappa shape index (κ1) is 15.1. The number of aliphatic hydroxyl groups is 1. The van der Waals surface area contributed by atoms with Crippen LogP contribution in [-0.4, -0.2) is 47.1 Å². The molecular weight excluding hydrogens is 250 g/mol. The molecule has 0 spiro atoms. The zero-order valence-electron chi connectivity index (χ0n) is 10.9. The molecule has 2 N–H and O–H groups in total. The smallest absolute Gasteiger partial charge is 0.122 e. The van der Waals surface area contributed by atoms with Gasteiger partial charge >= 0.3 is 0 Å². The number of aliphatic hydroxyl groups excluding tert-OH is 1. The molecule has 1 rings (SSSR count). The van der Waals surface area contributed by atoms with Crippen molar-refractivity contribution in [3.05, 3.63) is 29.8 Å². The van der Waals surface area contributed by atoms with E-state index < -0.39 is 16.9 Å². The van der Waals surface area contributed by atoms with Crippen LogP contribution >= 0.6 is 0 Å². The Hall–Kier alpha value is -0.910. The first-order valence-electron chi connectivity index (χ1n) is 5.97. The van der Waals surface area contributed by atoms with Crippen LogP contribution in [0, 0.1) is 6.92 Å². The molecule has 0 bridgehead atoms. The van der Waals surface area contributed by atoms with Crippen LogP contribution in [0.3, 0.4) is 0 Å². The minimum absolute atomic E-state index is 0.257. The summed E-state index contributed by atoms with van der Waals surface area (Å²) in [5.41, 5.74) is 1.05. The van der Waals surface area contributed by atoms with E-state index >= 15 is 0 Å². The Morgan fingerprint density at radius 2 is 2.17 bits per heavy atom. The molecule has 0 aromatic heterocycles. The number of rotatable bonds is 8. The predicted octanol–water partition coefficient (Wildman–Crippen LogP) is 0.703. The molecule has 0 aliphatic heterocycles. The Kier molecular flexibility index (Phi) is 6.93. The van der Waals surface area contributed by atoms with Gasteiger partial charge in [0, 0.05) is 35.9 Å². The van der Waals surface area contributed by atoms with E-state index in [4.69, 9.17) is 4.74 Å². The van der Waals surface area contributed by atoms with Crippen molar-refractivity contribution >= 4 is 10.8 Å². The van der Waals surface area contributed by atoms with Gasteiger partial charge in [0.2, 0.25) is 0 Å². The van der Waals surface area contributed by atoms with Gasteiger partial charge in [0.15, 0.2) is 0 Å². The predicted molar refractivity (Wildman–Crippen MR) is 74.5 cm³/mol. The Morgan fingerprint density at radius 1 is 1.44 bits per heavy atom. The zero-order valence-corrected chi connectivity index (χ0v) is 11.7. The lowest BCUT2D eigenvalue weighted by Gasteiger charge is -2.14. The molecular formula is C13H21NO3S. The molecule has 0 amide bonds. The van der Waals surface area contributed by atoms with E-state index in [0.29, 0.717) is 18.8 Å². The number of benzene rings is 1. The molecule has 2 unspecified atom stereocenters. The van der Waals surface area contributed by atoms with Crippen molar-refractivity contribution in [1.29, 1.82) is 0 Å². The van der Waals surface area contributed by atoms with Gasteiger partial charge in [-0.05, 0) is 18.6 Å². The normalized spacial score (nSPS) is 14.2. The lowest BCUT2D eigenvalue weighted by atomic mass is 10.2. The second-order valence-corrected chi connectivity index (χ2v) is 5.77. The Bertz CT molecular complexity index is 384. The van der Waals surface area contributed by atoms with Crippen molar-refractivity contribution in [2.45, 2.75) is 13.0 Å². The van der Waals surface area contributed by atoms with Gasteiger partial charge < -0.3 is 15.2 Å². The van der Waals surface area contributed by atoms with Crippen LogP contribution in [0.4, 0.5) is 0 Å². The SMILES string of the molecule is Cc1ccccc1OCC(O)CNCCS(C)=O. The van der Waals surface area contributed by atoms with Gasteiger partial charge in [-0.1, -0.05) is 18.2 Å². The van der Waals surface area contributed by atoms with E-state index in [9.17, 15) is 9.32 Å². The molecule has 0 saturated carbocycles. The second kappa shape index (κ2) is 8.24. The third kappa shape index (κ3) is 6.14. The minimum Gasteiger partial charge on any atom is -0.491 e.